The minimum Gasteiger partial charge on any atom is -0.389 e. The fourth-order valence-electron chi connectivity index (χ4n) is 2.56. The van der Waals surface area contributed by atoms with Gasteiger partial charge in [0.1, 0.15) is 10.7 Å². The van der Waals surface area contributed by atoms with Gasteiger partial charge in [-0.15, -0.1) is 0 Å². The first-order valence-electron chi connectivity index (χ1n) is 7.00. The number of halogens is 2. The lowest BCUT2D eigenvalue weighted by molar-refractivity contribution is 0.0303. The van der Waals surface area contributed by atoms with Crippen molar-refractivity contribution in [3.05, 3.63) is 29.0 Å². The monoisotopic (exact) mass is 335 g/mol. The average Bonchev–Trinajstić information content (AvgIpc) is 2.62. The Morgan fingerprint density at radius 2 is 1.86 bits per heavy atom. The fraction of sp³-hybridized carbons (Fsp3) is 0.571. The van der Waals surface area contributed by atoms with Crippen molar-refractivity contribution in [1.29, 1.82) is 0 Å². The van der Waals surface area contributed by atoms with E-state index in [-0.39, 0.29) is 16.5 Å². The Kier molecular flexibility index (Phi) is 5.24. The lowest BCUT2D eigenvalue weighted by Crippen LogP contribution is -2.42. The summed E-state index contributed by atoms with van der Waals surface area (Å²) >= 11 is 5.77. The van der Waals surface area contributed by atoms with Gasteiger partial charge in [-0.05, 0) is 31.0 Å². The second kappa shape index (κ2) is 6.60. The van der Waals surface area contributed by atoms with E-state index in [0.29, 0.717) is 12.8 Å². The number of benzene rings is 1. The quantitative estimate of drug-likeness (QED) is 0.831. The number of rotatable bonds is 4. The van der Waals surface area contributed by atoms with E-state index in [1.54, 1.807) is 0 Å². The van der Waals surface area contributed by atoms with Crippen LogP contribution in [0.4, 0.5) is 4.39 Å². The predicted octanol–water partition coefficient (Wildman–Crippen LogP) is 2.84. The van der Waals surface area contributed by atoms with Gasteiger partial charge in [0.25, 0.3) is 0 Å². The number of nitrogens with one attached hydrogen (secondary N) is 1. The summed E-state index contributed by atoms with van der Waals surface area (Å²) in [6, 6.07) is 3.12. The first-order valence-corrected chi connectivity index (χ1v) is 8.86. The van der Waals surface area contributed by atoms with Gasteiger partial charge in [0, 0.05) is 6.54 Å². The highest BCUT2D eigenvalue weighted by atomic mass is 35.5. The molecule has 0 saturated heterocycles. The fourth-order valence-corrected chi connectivity index (χ4v) is 4.21. The van der Waals surface area contributed by atoms with Crippen LogP contribution in [0.1, 0.15) is 38.5 Å². The molecule has 0 radical (unpaired) electrons. The molecule has 0 amide bonds. The first kappa shape index (κ1) is 16.7. The normalized spacial score (nSPS) is 19.2. The molecule has 7 heteroatoms. The summed E-state index contributed by atoms with van der Waals surface area (Å²) in [5, 5.41) is 10.3. The van der Waals surface area contributed by atoms with E-state index >= 15 is 0 Å². The lowest BCUT2D eigenvalue weighted by atomic mass is 9.95. The molecule has 0 atom stereocenters. The van der Waals surface area contributed by atoms with Crippen LogP contribution in [-0.2, 0) is 10.0 Å². The molecule has 0 unspecified atom stereocenters. The van der Waals surface area contributed by atoms with E-state index in [1.165, 1.54) is 0 Å². The molecule has 21 heavy (non-hydrogen) atoms. The van der Waals surface area contributed by atoms with Crippen molar-refractivity contribution >= 4 is 21.6 Å². The summed E-state index contributed by atoms with van der Waals surface area (Å²) in [5.74, 6) is -0.596. The van der Waals surface area contributed by atoms with E-state index in [1.807, 2.05) is 0 Å². The Labute approximate surface area is 129 Å². The van der Waals surface area contributed by atoms with Crippen molar-refractivity contribution in [2.75, 3.05) is 6.54 Å². The van der Waals surface area contributed by atoms with Gasteiger partial charge >= 0.3 is 0 Å². The molecule has 0 aliphatic heterocycles. The summed E-state index contributed by atoms with van der Waals surface area (Å²) in [4.78, 5) is -0.178. The zero-order valence-corrected chi connectivity index (χ0v) is 13.2. The molecule has 118 valence electrons. The highest BCUT2D eigenvalue weighted by molar-refractivity contribution is 7.89. The van der Waals surface area contributed by atoms with Crippen LogP contribution in [0.3, 0.4) is 0 Å². The summed E-state index contributed by atoms with van der Waals surface area (Å²) in [6.07, 6.45) is 5.03. The molecule has 1 saturated carbocycles. The number of aliphatic hydroxyl groups is 1. The molecule has 1 aromatic carbocycles. The first-order chi connectivity index (χ1) is 9.82. The Balaban J connectivity index is 2.10. The van der Waals surface area contributed by atoms with E-state index in [4.69, 9.17) is 11.6 Å². The third-order valence-electron chi connectivity index (χ3n) is 3.81. The van der Waals surface area contributed by atoms with Gasteiger partial charge in [-0.1, -0.05) is 37.3 Å². The maximum absolute atomic E-state index is 13.0. The molecule has 1 aromatic rings. The number of sulfonamides is 1. The molecule has 4 nitrogen and oxygen atoms in total. The SMILES string of the molecule is O=S(=O)(NCC1(O)CCCCCC1)c1ccc(F)cc1Cl. The van der Waals surface area contributed by atoms with E-state index in [0.717, 1.165) is 43.9 Å². The highest BCUT2D eigenvalue weighted by Crippen LogP contribution is 2.27. The molecule has 1 fully saturated rings. The molecular weight excluding hydrogens is 317 g/mol. The molecule has 0 bridgehead atoms. The van der Waals surface area contributed by atoms with Gasteiger partial charge in [-0.2, -0.15) is 0 Å². The molecule has 0 spiro atoms. The minimum absolute atomic E-state index is 0.0525. The van der Waals surface area contributed by atoms with Crippen LogP contribution in [0.2, 0.25) is 5.02 Å². The van der Waals surface area contributed by atoms with Crippen LogP contribution in [-0.4, -0.2) is 25.7 Å². The second-order valence-corrected chi connectivity index (χ2v) is 7.68. The van der Waals surface area contributed by atoms with Crippen molar-refractivity contribution in [3.63, 3.8) is 0 Å². The summed E-state index contributed by atoms with van der Waals surface area (Å²) < 4.78 is 39.8. The molecule has 1 aliphatic carbocycles. The highest BCUT2D eigenvalue weighted by Gasteiger charge is 2.30. The molecule has 1 aliphatic rings. The van der Waals surface area contributed by atoms with Crippen molar-refractivity contribution in [1.82, 2.24) is 4.72 Å². The summed E-state index contributed by atoms with van der Waals surface area (Å²) in [5.41, 5.74) is -1.02. The maximum atomic E-state index is 13.0. The van der Waals surface area contributed by atoms with Gasteiger partial charge in [-0.25, -0.2) is 17.5 Å². The van der Waals surface area contributed by atoms with E-state index < -0.39 is 21.4 Å². The largest absolute Gasteiger partial charge is 0.389 e. The van der Waals surface area contributed by atoms with Crippen LogP contribution in [0, 0.1) is 5.82 Å². The third-order valence-corrected chi connectivity index (χ3v) is 5.69. The summed E-state index contributed by atoms with van der Waals surface area (Å²) in [6.45, 7) is -0.0525. The standard InChI is InChI=1S/C14H19ClFNO3S/c15-12-9-11(16)5-6-13(12)21(19,20)17-10-14(18)7-3-1-2-4-8-14/h5-6,9,17-18H,1-4,7-8,10H2. The maximum Gasteiger partial charge on any atom is 0.242 e. The van der Waals surface area contributed by atoms with E-state index in [9.17, 15) is 17.9 Å². The van der Waals surface area contributed by atoms with Crippen molar-refractivity contribution in [2.24, 2.45) is 0 Å². The number of hydrogen-bond acceptors (Lipinski definition) is 3. The molecule has 2 N–H and O–H groups in total. The van der Waals surface area contributed by atoms with Crippen molar-refractivity contribution < 1.29 is 17.9 Å². The van der Waals surface area contributed by atoms with Gasteiger partial charge < -0.3 is 5.11 Å². The smallest absolute Gasteiger partial charge is 0.242 e. The minimum atomic E-state index is -3.87. The zero-order chi connectivity index (χ0) is 15.5. The molecule has 0 aromatic heterocycles. The van der Waals surface area contributed by atoms with Crippen LogP contribution >= 0.6 is 11.6 Å². The van der Waals surface area contributed by atoms with Gasteiger partial charge in [-0.3, -0.25) is 0 Å². The third kappa shape index (κ3) is 4.39. The second-order valence-electron chi connectivity index (χ2n) is 5.54. The van der Waals surface area contributed by atoms with Crippen molar-refractivity contribution in [2.45, 2.75) is 49.0 Å². The summed E-state index contributed by atoms with van der Waals surface area (Å²) in [7, 11) is -3.87. The Hall–Kier alpha value is -0.690. The lowest BCUT2D eigenvalue weighted by Gasteiger charge is -2.26. The predicted molar refractivity (Wildman–Crippen MR) is 79.3 cm³/mol. The molecule has 0 heterocycles. The van der Waals surface area contributed by atoms with Gasteiger partial charge in [0.05, 0.1) is 10.6 Å². The van der Waals surface area contributed by atoms with E-state index in [2.05, 4.69) is 4.72 Å². The Bertz CT molecular complexity index is 598. The van der Waals surface area contributed by atoms with Crippen molar-refractivity contribution in [3.8, 4) is 0 Å². The zero-order valence-electron chi connectivity index (χ0n) is 11.6. The molecular formula is C14H19ClFNO3S. The van der Waals surface area contributed by atoms with Crippen LogP contribution in [0.15, 0.2) is 23.1 Å². The Morgan fingerprint density at radius 3 is 2.43 bits per heavy atom. The Morgan fingerprint density at radius 1 is 1.24 bits per heavy atom. The van der Waals surface area contributed by atoms with Crippen LogP contribution in [0.25, 0.3) is 0 Å². The average molecular weight is 336 g/mol. The van der Waals surface area contributed by atoms with Crippen LogP contribution < -0.4 is 4.72 Å². The van der Waals surface area contributed by atoms with Gasteiger partial charge in [0.15, 0.2) is 0 Å². The van der Waals surface area contributed by atoms with Crippen LogP contribution in [0.5, 0.6) is 0 Å². The van der Waals surface area contributed by atoms with Gasteiger partial charge in [0.2, 0.25) is 10.0 Å². The molecule has 2 rings (SSSR count). The topological polar surface area (TPSA) is 66.4 Å². The number of hydrogen-bond donors (Lipinski definition) is 2.